The minimum atomic E-state index is -0.665. The third-order valence-corrected chi connectivity index (χ3v) is 3.58. The van der Waals surface area contributed by atoms with Crippen LogP contribution in [0.3, 0.4) is 0 Å². The Bertz CT molecular complexity index is 688. The van der Waals surface area contributed by atoms with Gasteiger partial charge in [0.2, 0.25) is 0 Å². The number of rotatable bonds is 4. The van der Waals surface area contributed by atoms with Crippen molar-refractivity contribution in [2.45, 2.75) is 45.2 Å². The molecule has 1 unspecified atom stereocenters. The van der Waals surface area contributed by atoms with Crippen LogP contribution in [0.2, 0.25) is 0 Å². The molecule has 0 aromatic carbocycles. The highest BCUT2D eigenvalue weighted by Gasteiger charge is 2.36. The van der Waals surface area contributed by atoms with Crippen molar-refractivity contribution in [3.8, 4) is 0 Å². The lowest BCUT2D eigenvalue weighted by molar-refractivity contribution is -0.0277. The van der Waals surface area contributed by atoms with Gasteiger partial charge in [0.05, 0.1) is 18.8 Å². The van der Waals surface area contributed by atoms with E-state index in [-0.39, 0.29) is 25.1 Å². The molecule has 0 aliphatic carbocycles. The fourth-order valence-electron chi connectivity index (χ4n) is 2.48. The molecule has 1 saturated heterocycles. The zero-order chi connectivity index (χ0) is 15.6. The van der Waals surface area contributed by atoms with Gasteiger partial charge in [-0.15, -0.1) is 0 Å². The summed E-state index contributed by atoms with van der Waals surface area (Å²) >= 11 is 0. The largest absolute Gasteiger partial charge is 0.394 e. The number of aromatic nitrogens is 2. The summed E-state index contributed by atoms with van der Waals surface area (Å²) in [4.78, 5) is 26.9. The van der Waals surface area contributed by atoms with E-state index in [1.807, 2.05) is 0 Å². The summed E-state index contributed by atoms with van der Waals surface area (Å²) in [6, 6.07) is -0.542. The van der Waals surface area contributed by atoms with Gasteiger partial charge in [0.25, 0.3) is 5.56 Å². The first-order valence-electron chi connectivity index (χ1n) is 6.66. The van der Waals surface area contributed by atoms with Crippen molar-refractivity contribution in [2.75, 3.05) is 6.61 Å². The zero-order valence-corrected chi connectivity index (χ0v) is 11.8. The van der Waals surface area contributed by atoms with Crippen LogP contribution in [0.5, 0.6) is 0 Å². The number of aryl methyl sites for hydroxylation is 1. The Morgan fingerprint density at radius 2 is 2.29 bits per heavy atom. The average Bonchev–Trinajstić information content (AvgIpc) is 2.87. The molecule has 0 saturated carbocycles. The van der Waals surface area contributed by atoms with Crippen molar-refractivity contribution in [1.82, 2.24) is 9.13 Å². The second kappa shape index (κ2) is 6.13. The Balaban J connectivity index is 2.44. The summed E-state index contributed by atoms with van der Waals surface area (Å²) in [6.45, 7) is 3.28. The van der Waals surface area contributed by atoms with Crippen LogP contribution in [-0.2, 0) is 11.3 Å². The monoisotopic (exact) mass is 295 g/mol. The molecule has 1 fully saturated rings. The third kappa shape index (κ3) is 2.71. The Kier molecular flexibility index (Phi) is 4.46. The summed E-state index contributed by atoms with van der Waals surface area (Å²) in [5, 5.41) is 12.8. The second-order valence-corrected chi connectivity index (χ2v) is 4.87. The number of aliphatic hydroxyl groups excluding tert-OH is 1. The molecule has 2 heterocycles. The van der Waals surface area contributed by atoms with Gasteiger partial charge in [0.1, 0.15) is 6.23 Å². The molecule has 1 aliphatic rings. The van der Waals surface area contributed by atoms with Gasteiger partial charge < -0.3 is 9.84 Å². The van der Waals surface area contributed by atoms with E-state index < -0.39 is 24.1 Å². The van der Waals surface area contributed by atoms with Crippen molar-refractivity contribution in [3.63, 3.8) is 0 Å². The van der Waals surface area contributed by atoms with Crippen molar-refractivity contribution in [1.29, 1.82) is 0 Å². The molecule has 1 aromatic rings. The maximum atomic E-state index is 12.3. The van der Waals surface area contributed by atoms with Gasteiger partial charge in [0.15, 0.2) is 0 Å². The van der Waals surface area contributed by atoms with Gasteiger partial charge in [-0.2, -0.15) is 0 Å². The minimum absolute atomic E-state index is 0.259. The molecule has 0 spiro atoms. The van der Waals surface area contributed by atoms with E-state index in [4.69, 9.17) is 10.3 Å². The van der Waals surface area contributed by atoms with Gasteiger partial charge in [0, 0.05) is 29.6 Å². The van der Waals surface area contributed by atoms with E-state index in [1.165, 1.54) is 10.8 Å². The van der Waals surface area contributed by atoms with Crippen LogP contribution in [0.25, 0.3) is 10.4 Å². The Hall–Kier alpha value is -2.09. The first-order valence-corrected chi connectivity index (χ1v) is 6.66. The summed E-state index contributed by atoms with van der Waals surface area (Å²) in [7, 11) is 0. The normalized spacial score (nSPS) is 24.8. The second-order valence-electron chi connectivity index (χ2n) is 4.87. The van der Waals surface area contributed by atoms with Gasteiger partial charge in [-0.3, -0.25) is 13.9 Å². The molecule has 21 heavy (non-hydrogen) atoms. The molecular weight excluding hydrogens is 278 g/mol. The summed E-state index contributed by atoms with van der Waals surface area (Å²) in [5.74, 6) is 0. The number of ether oxygens (including phenoxy) is 1. The van der Waals surface area contributed by atoms with Gasteiger partial charge >= 0.3 is 5.69 Å². The van der Waals surface area contributed by atoms with E-state index in [2.05, 4.69) is 10.0 Å². The predicted molar refractivity (Wildman–Crippen MR) is 73.9 cm³/mol. The standard InChI is InChI=1S/C12H17N5O4/c1-3-16-11(19)7(2)5-17(12(16)20)10-4-8(14-15-13)9(6-18)21-10/h5,8-10,18H,3-4,6H2,1-2H3/t8?,9-,10-/m1/s1. The van der Waals surface area contributed by atoms with E-state index >= 15 is 0 Å². The SMILES string of the molecule is CCn1c(=O)c(C)cn([C@H]2CC(N=[N+]=[N-])[C@@H](CO)O2)c1=O. The highest BCUT2D eigenvalue weighted by Crippen LogP contribution is 2.29. The van der Waals surface area contributed by atoms with E-state index in [9.17, 15) is 14.7 Å². The third-order valence-electron chi connectivity index (χ3n) is 3.58. The zero-order valence-electron chi connectivity index (χ0n) is 11.8. The molecule has 2 rings (SSSR count). The molecule has 0 bridgehead atoms. The fourth-order valence-corrected chi connectivity index (χ4v) is 2.48. The molecule has 0 amide bonds. The van der Waals surface area contributed by atoms with Crippen LogP contribution in [0.1, 0.15) is 25.1 Å². The Morgan fingerprint density at radius 1 is 1.57 bits per heavy atom. The van der Waals surface area contributed by atoms with Crippen molar-refractivity contribution in [3.05, 3.63) is 43.0 Å². The van der Waals surface area contributed by atoms with Gasteiger partial charge in [-0.25, -0.2) is 4.79 Å². The first kappa shape index (κ1) is 15.3. The first-order chi connectivity index (χ1) is 10.0. The number of azide groups is 1. The summed E-state index contributed by atoms with van der Waals surface area (Å²) in [5.41, 5.74) is 8.14. The smallest absolute Gasteiger partial charge is 0.333 e. The molecule has 0 radical (unpaired) electrons. The minimum Gasteiger partial charge on any atom is -0.394 e. The van der Waals surface area contributed by atoms with Crippen LogP contribution in [0.4, 0.5) is 0 Å². The van der Waals surface area contributed by atoms with Crippen molar-refractivity contribution in [2.24, 2.45) is 5.11 Å². The Labute approximate surface area is 120 Å². The van der Waals surface area contributed by atoms with Crippen LogP contribution in [0.15, 0.2) is 20.9 Å². The molecule has 3 atom stereocenters. The molecule has 1 N–H and O–H groups in total. The maximum Gasteiger partial charge on any atom is 0.333 e. The lowest BCUT2D eigenvalue weighted by Gasteiger charge is -2.17. The van der Waals surface area contributed by atoms with Gasteiger partial charge in [-0.05, 0) is 19.4 Å². The molecule has 114 valence electrons. The van der Waals surface area contributed by atoms with E-state index in [0.717, 1.165) is 4.57 Å². The lowest BCUT2D eigenvalue weighted by Crippen LogP contribution is -2.41. The quantitative estimate of drug-likeness (QED) is 0.487. The molecule has 9 heteroatoms. The summed E-state index contributed by atoms with van der Waals surface area (Å²) < 4.78 is 8.00. The predicted octanol–water partition coefficient (Wildman–Crippen LogP) is 0.297. The van der Waals surface area contributed by atoms with Crippen LogP contribution >= 0.6 is 0 Å². The molecule has 1 aromatic heterocycles. The molecule has 1 aliphatic heterocycles. The molecule has 9 nitrogen and oxygen atoms in total. The van der Waals surface area contributed by atoms with Crippen LogP contribution < -0.4 is 11.2 Å². The van der Waals surface area contributed by atoms with E-state index in [0.29, 0.717) is 5.56 Å². The van der Waals surface area contributed by atoms with Crippen molar-refractivity contribution >= 4 is 0 Å². The number of hydrogen-bond acceptors (Lipinski definition) is 5. The average molecular weight is 295 g/mol. The fraction of sp³-hybridized carbons (Fsp3) is 0.667. The van der Waals surface area contributed by atoms with Gasteiger partial charge in [-0.1, -0.05) is 5.11 Å². The number of hydrogen-bond donors (Lipinski definition) is 1. The maximum absolute atomic E-state index is 12.3. The molecular formula is C12H17N5O4. The number of nitrogens with zero attached hydrogens (tertiary/aromatic N) is 5. The highest BCUT2D eigenvalue weighted by atomic mass is 16.5. The van der Waals surface area contributed by atoms with E-state index in [1.54, 1.807) is 13.8 Å². The number of aliphatic hydroxyl groups is 1. The van der Waals surface area contributed by atoms with Crippen LogP contribution in [-0.4, -0.2) is 33.0 Å². The lowest BCUT2D eigenvalue weighted by atomic mass is 10.1. The van der Waals surface area contributed by atoms with Crippen molar-refractivity contribution < 1.29 is 9.84 Å². The summed E-state index contributed by atoms with van der Waals surface area (Å²) in [6.07, 6.45) is 0.396. The van der Waals surface area contributed by atoms with Crippen LogP contribution in [0, 0.1) is 6.92 Å². The Morgan fingerprint density at radius 3 is 2.86 bits per heavy atom. The topological polar surface area (TPSA) is 122 Å². The highest BCUT2D eigenvalue weighted by molar-refractivity contribution is 5.04.